The van der Waals surface area contributed by atoms with Crippen LogP contribution in [-0.4, -0.2) is 17.0 Å². The van der Waals surface area contributed by atoms with E-state index in [2.05, 4.69) is 12.2 Å². The first-order chi connectivity index (χ1) is 9.54. The van der Waals surface area contributed by atoms with Gasteiger partial charge in [-0.3, -0.25) is 9.59 Å². The lowest BCUT2D eigenvalue weighted by atomic mass is 9.83. The van der Waals surface area contributed by atoms with Crippen LogP contribution in [0.4, 0.5) is 5.69 Å². The molecule has 1 aliphatic rings. The molecule has 0 saturated heterocycles. The summed E-state index contributed by atoms with van der Waals surface area (Å²) in [5, 5.41) is 2.92. The molecular weight excluding hydrogens is 254 g/mol. The summed E-state index contributed by atoms with van der Waals surface area (Å²) in [6.45, 7) is 3.02. The lowest BCUT2D eigenvalue weighted by molar-refractivity contribution is -0.121. The average molecular weight is 277 g/mol. The van der Waals surface area contributed by atoms with E-state index < -0.39 is 0 Å². The first-order valence-electron chi connectivity index (χ1n) is 7.27. The molecule has 1 heterocycles. The number of hydrogen-bond donors (Lipinski definition) is 2. The third kappa shape index (κ3) is 4.11. The molecule has 5 heteroatoms. The summed E-state index contributed by atoms with van der Waals surface area (Å²) >= 11 is 0. The van der Waals surface area contributed by atoms with Crippen LogP contribution in [-0.2, 0) is 11.3 Å². The minimum Gasteiger partial charge on any atom is -0.398 e. The second-order valence-corrected chi connectivity index (χ2v) is 5.86. The highest BCUT2D eigenvalue weighted by Crippen LogP contribution is 2.27. The SMILES string of the molecule is CC1CCC(CNC(=O)Cn2cc(N)ccc2=O)CC1. The van der Waals surface area contributed by atoms with E-state index in [0.717, 1.165) is 5.92 Å². The maximum Gasteiger partial charge on any atom is 0.251 e. The summed E-state index contributed by atoms with van der Waals surface area (Å²) in [6, 6.07) is 2.92. The molecule has 0 radical (unpaired) electrons. The molecule has 2 rings (SSSR count). The van der Waals surface area contributed by atoms with Crippen molar-refractivity contribution < 1.29 is 4.79 Å². The maximum absolute atomic E-state index is 11.9. The topological polar surface area (TPSA) is 77.1 Å². The second-order valence-electron chi connectivity index (χ2n) is 5.86. The first-order valence-corrected chi connectivity index (χ1v) is 7.27. The fourth-order valence-corrected chi connectivity index (χ4v) is 2.68. The molecule has 0 unspecified atom stereocenters. The third-order valence-electron chi connectivity index (χ3n) is 4.04. The van der Waals surface area contributed by atoms with Crippen LogP contribution in [0.15, 0.2) is 23.1 Å². The van der Waals surface area contributed by atoms with E-state index in [0.29, 0.717) is 18.2 Å². The van der Waals surface area contributed by atoms with Crippen LogP contribution in [0.25, 0.3) is 0 Å². The average Bonchev–Trinajstić information content (AvgIpc) is 2.42. The molecule has 1 aliphatic carbocycles. The number of carbonyl (C=O) groups is 1. The predicted octanol–water partition coefficient (Wildman–Crippen LogP) is 1.37. The molecule has 0 aliphatic heterocycles. The van der Waals surface area contributed by atoms with Crippen LogP contribution in [0.3, 0.4) is 0 Å². The summed E-state index contributed by atoms with van der Waals surface area (Å²) < 4.78 is 1.34. The van der Waals surface area contributed by atoms with E-state index in [1.165, 1.54) is 42.5 Å². The van der Waals surface area contributed by atoms with Crippen LogP contribution in [0.2, 0.25) is 0 Å². The number of amides is 1. The van der Waals surface area contributed by atoms with Gasteiger partial charge in [-0.25, -0.2) is 0 Å². The minimum absolute atomic E-state index is 0.0347. The molecular formula is C15H23N3O2. The maximum atomic E-state index is 11.9. The van der Waals surface area contributed by atoms with E-state index >= 15 is 0 Å². The second kappa shape index (κ2) is 6.59. The Bertz CT molecular complexity index is 516. The predicted molar refractivity (Wildman–Crippen MR) is 79.2 cm³/mol. The van der Waals surface area contributed by atoms with Gasteiger partial charge in [0.2, 0.25) is 5.91 Å². The highest BCUT2D eigenvalue weighted by molar-refractivity contribution is 5.75. The van der Waals surface area contributed by atoms with Crippen LogP contribution in [0.1, 0.15) is 32.6 Å². The Morgan fingerprint density at radius 2 is 2.05 bits per heavy atom. The Morgan fingerprint density at radius 1 is 1.35 bits per heavy atom. The number of pyridine rings is 1. The number of aromatic nitrogens is 1. The number of nitrogens with one attached hydrogen (secondary N) is 1. The van der Waals surface area contributed by atoms with Gasteiger partial charge < -0.3 is 15.6 Å². The number of anilines is 1. The molecule has 20 heavy (non-hydrogen) atoms. The Labute approximate surface area is 119 Å². The fraction of sp³-hybridized carbons (Fsp3) is 0.600. The van der Waals surface area contributed by atoms with Gasteiger partial charge in [0.05, 0.1) is 0 Å². The molecule has 0 bridgehead atoms. The Morgan fingerprint density at radius 3 is 2.75 bits per heavy atom. The van der Waals surface area contributed by atoms with Crippen molar-refractivity contribution in [1.82, 2.24) is 9.88 Å². The van der Waals surface area contributed by atoms with E-state index in [1.54, 1.807) is 6.07 Å². The molecule has 5 nitrogen and oxygen atoms in total. The largest absolute Gasteiger partial charge is 0.398 e. The molecule has 0 spiro atoms. The van der Waals surface area contributed by atoms with Crippen molar-refractivity contribution in [1.29, 1.82) is 0 Å². The van der Waals surface area contributed by atoms with Gasteiger partial charge in [-0.05, 0) is 30.7 Å². The Hall–Kier alpha value is -1.78. The smallest absolute Gasteiger partial charge is 0.251 e. The zero-order chi connectivity index (χ0) is 14.5. The van der Waals surface area contributed by atoms with E-state index in [-0.39, 0.29) is 18.0 Å². The van der Waals surface area contributed by atoms with Crippen molar-refractivity contribution >= 4 is 11.6 Å². The Kier molecular flexibility index (Phi) is 4.82. The lowest BCUT2D eigenvalue weighted by Gasteiger charge is -2.26. The van der Waals surface area contributed by atoms with Gasteiger partial charge in [-0.1, -0.05) is 19.8 Å². The molecule has 1 amide bonds. The zero-order valence-electron chi connectivity index (χ0n) is 12.0. The van der Waals surface area contributed by atoms with Crippen molar-refractivity contribution in [3.05, 3.63) is 28.7 Å². The van der Waals surface area contributed by atoms with Crippen LogP contribution < -0.4 is 16.6 Å². The van der Waals surface area contributed by atoms with Gasteiger partial charge in [0.25, 0.3) is 5.56 Å². The molecule has 0 aromatic carbocycles. The third-order valence-corrected chi connectivity index (χ3v) is 4.04. The van der Waals surface area contributed by atoms with Crippen LogP contribution >= 0.6 is 0 Å². The van der Waals surface area contributed by atoms with Gasteiger partial charge in [0.15, 0.2) is 0 Å². The highest BCUT2D eigenvalue weighted by atomic mass is 16.2. The first kappa shape index (κ1) is 14.6. The number of hydrogen-bond acceptors (Lipinski definition) is 3. The van der Waals surface area contributed by atoms with E-state index in [9.17, 15) is 9.59 Å². The quantitative estimate of drug-likeness (QED) is 0.872. The number of nitrogen functional groups attached to an aromatic ring is 1. The van der Waals surface area contributed by atoms with Crippen molar-refractivity contribution in [2.45, 2.75) is 39.2 Å². The molecule has 110 valence electrons. The summed E-state index contributed by atoms with van der Waals surface area (Å²) in [4.78, 5) is 23.4. The zero-order valence-corrected chi connectivity index (χ0v) is 12.0. The molecule has 1 aromatic heterocycles. The van der Waals surface area contributed by atoms with Crippen LogP contribution in [0.5, 0.6) is 0 Å². The number of nitrogens with two attached hydrogens (primary N) is 1. The highest BCUT2D eigenvalue weighted by Gasteiger charge is 2.18. The molecule has 1 fully saturated rings. The Balaban J connectivity index is 1.81. The van der Waals surface area contributed by atoms with Crippen LogP contribution in [0, 0.1) is 11.8 Å². The van der Waals surface area contributed by atoms with Crippen molar-refractivity contribution in [2.24, 2.45) is 11.8 Å². The molecule has 0 atom stereocenters. The lowest BCUT2D eigenvalue weighted by Crippen LogP contribution is -2.35. The molecule has 1 saturated carbocycles. The standard InChI is InChI=1S/C15H23N3O2/c1-11-2-4-12(5-3-11)8-17-14(19)10-18-9-13(16)6-7-15(18)20/h6-7,9,11-12H,2-5,8,10,16H2,1H3,(H,17,19). The number of nitrogens with zero attached hydrogens (tertiary/aromatic N) is 1. The van der Waals surface area contributed by atoms with Gasteiger partial charge in [0, 0.05) is 24.5 Å². The monoisotopic (exact) mass is 277 g/mol. The number of carbonyl (C=O) groups excluding carboxylic acids is 1. The van der Waals surface area contributed by atoms with Crippen molar-refractivity contribution in [2.75, 3.05) is 12.3 Å². The van der Waals surface area contributed by atoms with Crippen molar-refractivity contribution in [3.63, 3.8) is 0 Å². The molecule has 3 N–H and O–H groups in total. The normalized spacial score (nSPS) is 22.4. The van der Waals surface area contributed by atoms with Gasteiger partial charge in [0.1, 0.15) is 6.54 Å². The van der Waals surface area contributed by atoms with Crippen molar-refractivity contribution in [3.8, 4) is 0 Å². The number of rotatable bonds is 4. The summed E-state index contributed by atoms with van der Waals surface area (Å²) in [7, 11) is 0. The van der Waals surface area contributed by atoms with Gasteiger partial charge in [-0.15, -0.1) is 0 Å². The molecule has 1 aromatic rings. The summed E-state index contributed by atoms with van der Waals surface area (Å²) in [5.74, 6) is 1.26. The minimum atomic E-state index is -0.208. The summed E-state index contributed by atoms with van der Waals surface area (Å²) in [5.41, 5.74) is 5.89. The van der Waals surface area contributed by atoms with E-state index in [1.807, 2.05) is 0 Å². The fourth-order valence-electron chi connectivity index (χ4n) is 2.68. The van der Waals surface area contributed by atoms with Gasteiger partial charge in [-0.2, -0.15) is 0 Å². The van der Waals surface area contributed by atoms with Gasteiger partial charge >= 0.3 is 0 Å². The van der Waals surface area contributed by atoms with E-state index in [4.69, 9.17) is 5.73 Å². The summed E-state index contributed by atoms with van der Waals surface area (Å²) in [6.07, 6.45) is 6.36.